The van der Waals surface area contributed by atoms with Gasteiger partial charge in [0, 0.05) is 10.4 Å². The van der Waals surface area contributed by atoms with E-state index < -0.39 is 0 Å². The number of allylic oxidation sites excluding steroid dienone is 1. The fraction of sp³-hybridized carbons (Fsp3) is 0.0714. The van der Waals surface area contributed by atoms with Crippen LogP contribution in [0, 0.1) is 0 Å². The third-order valence-corrected chi connectivity index (χ3v) is 3.84. The second kappa shape index (κ2) is 5.98. The van der Waals surface area contributed by atoms with E-state index in [4.69, 9.17) is 4.74 Å². The highest BCUT2D eigenvalue weighted by atomic mass is 79.9. The first-order chi connectivity index (χ1) is 8.70. The van der Waals surface area contributed by atoms with Crippen molar-refractivity contribution in [2.45, 2.75) is 0 Å². The summed E-state index contributed by atoms with van der Waals surface area (Å²) in [6, 6.07) is 9.22. The number of halogens is 1. The molecule has 2 aromatic rings. The number of ether oxygens (including phenoxy) is 1. The minimum atomic E-state index is -0.0215. The maximum atomic E-state index is 11.9. The van der Waals surface area contributed by atoms with E-state index in [1.54, 1.807) is 42.7 Å². The van der Waals surface area contributed by atoms with Gasteiger partial charge in [-0.2, -0.15) is 0 Å². The van der Waals surface area contributed by atoms with Gasteiger partial charge < -0.3 is 4.74 Å². The van der Waals surface area contributed by atoms with Gasteiger partial charge >= 0.3 is 0 Å². The Balaban J connectivity index is 2.16. The lowest BCUT2D eigenvalue weighted by Gasteiger charge is -2.03. The molecule has 0 bridgehead atoms. The van der Waals surface area contributed by atoms with Gasteiger partial charge in [0.1, 0.15) is 5.75 Å². The number of hydrogen-bond acceptors (Lipinski definition) is 3. The molecule has 1 aromatic carbocycles. The first kappa shape index (κ1) is 13.1. The topological polar surface area (TPSA) is 26.3 Å². The van der Waals surface area contributed by atoms with E-state index in [2.05, 4.69) is 15.9 Å². The van der Waals surface area contributed by atoms with Gasteiger partial charge in [-0.3, -0.25) is 4.79 Å². The van der Waals surface area contributed by atoms with Crippen molar-refractivity contribution in [3.05, 3.63) is 56.7 Å². The van der Waals surface area contributed by atoms with Crippen LogP contribution in [0.15, 0.2) is 46.3 Å². The molecule has 0 saturated carbocycles. The van der Waals surface area contributed by atoms with Gasteiger partial charge in [0.05, 0.1) is 11.6 Å². The van der Waals surface area contributed by atoms with Crippen molar-refractivity contribution >= 4 is 39.1 Å². The van der Waals surface area contributed by atoms with Crippen LogP contribution in [0.3, 0.4) is 0 Å². The minimum absolute atomic E-state index is 0.0215. The molecule has 1 aromatic heterocycles. The van der Waals surface area contributed by atoms with Gasteiger partial charge in [0.25, 0.3) is 0 Å². The van der Waals surface area contributed by atoms with Crippen molar-refractivity contribution < 1.29 is 9.53 Å². The van der Waals surface area contributed by atoms with Crippen molar-refractivity contribution in [2.24, 2.45) is 0 Å². The van der Waals surface area contributed by atoms with Crippen molar-refractivity contribution in [3.63, 3.8) is 0 Å². The van der Waals surface area contributed by atoms with Crippen LogP contribution in [0.4, 0.5) is 0 Å². The Labute approximate surface area is 118 Å². The lowest BCUT2D eigenvalue weighted by atomic mass is 10.1. The van der Waals surface area contributed by atoms with E-state index in [1.807, 2.05) is 23.6 Å². The Morgan fingerprint density at radius 2 is 2.22 bits per heavy atom. The summed E-state index contributed by atoms with van der Waals surface area (Å²) in [5.74, 6) is 0.695. The Morgan fingerprint density at radius 3 is 2.83 bits per heavy atom. The van der Waals surface area contributed by atoms with Crippen LogP contribution < -0.4 is 4.74 Å². The predicted molar refractivity (Wildman–Crippen MR) is 78.4 cm³/mol. The molecule has 2 rings (SSSR count). The molecule has 0 aliphatic rings. The monoisotopic (exact) mass is 322 g/mol. The van der Waals surface area contributed by atoms with Crippen LogP contribution in [-0.4, -0.2) is 12.9 Å². The van der Waals surface area contributed by atoms with Crippen LogP contribution in [0.25, 0.3) is 6.08 Å². The van der Waals surface area contributed by atoms with E-state index in [1.165, 1.54) is 0 Å². The normalized spacial score (nSPS) is 10.8. The summed E-state index contributed by atoms with van der Waals surface area (Å²) in [6.45, 7) is 0. The highest BCUT2D eigenvalue weighted by molar-refractivity contribution is 9.10. The number of methoxy groups -OCH3 is 1. The van der Waals surface area contributed by atoms with Crippen molar-refractivity contribution in [1.29, 1.82) is 0 Å². The highest BCUT2D eigenvalue weighted by Crippen LogP contribution is 2.25. The fourth-order valence-electron chi connectivity index (χ4n) is 1.46. The molecule has 0 fully saturated rings. The smallest absolute Gasteiger partial charge is 0.185 e. The molecule has 18 heavy (non-hydrogen) atoms. The first-order valence-corrected chi connectivity index (χ1v) is 6.97. The Bertz CT molecular complexity index is 573. The third kappa shape index (κ3) is 3.09. The molecule has 1 heterocycles. The van der Waals surface area contributed by atoms with E-state index in [9.17, 15) is 4.79 Å². The van der Waals surface area contributed by atoms with Crippen molar-refractivity contribution in [1.82, 2.24) is 0 Å². The molecule has 0 atom stereocenters. The molecular formula is C14H11BrO2S. The molecule has 0 saturated heterocycles. The van der Waals surface area contributed by atoms with Crippen molar-refractivity contribution in [2.75, 3.05) is 7.11 Å². The van der Waals surface area contributed by atoms with Crippen molar-refractivity contribution in [3.8, 4) is 5.75 Å². The molecule has 0 amide bonds. The van der Waals surface area contributed by atoms with E-state index >= 15 is 0 Å². The molecule has 0 radical (unpaired) electrons. The maximum Gasteiger partial charge on any atom is 0.185 e. The summed E-state index contributed by atoms with van der Waals surface area (Å²) in [6.07, 6.45) is 3.41. The third-order valence-electron chi connectivity index (χ3n) is 2.38. The fourth-order valence-corrected chi connectivity index (χ4v) is 2.62. The first-order valence-electron chi connectivity index (χ1n) is 5.30. The van der Waals surface area contributed by atoms with Crippen LogP contribution in [0.5, 0.6) is 5.75 Å². The van der Waals surface area contributed by atoms with Crippen LogP contribution in [0.1, 0.15) is 15.2 Å². The number of rotatable bonds is 4. The average Bonchev–Trinajstić information content (AvgIpc) is 2.89. The Hall–Kier alpha value is -1.39. The second-order valence-corrected chi connectivity index (χ2v) is 5.40. The Morgan fingerprint density at radius 1 is 1.39 bits per heavy atom. The largest absolute Gasteiger partial charge is 0.496 e. The number of ketones is 1. The Kier molecular flexibility index (Phi) is 4.33. The molecule has 92 valence electrons. The lowest BCUT2D eigenvalue weighted by Crippen LogP contribution is -1.95. The zero-order valence-corrected chi connectivity index (χ0v) is 12.1. The molecule has 0 N–H and O–H groups in total. The molecule has 4 heteroatoms. The molecule has 2 nitrogen and oxygen atoms in total. The minimum Gasteiger partial charge on any atom is -0.496 e. The standard InChI is InChI=1S/C14H11BrO2S/c1-17-14-7-4-10(9-12(14)15)13(16)6-5-11-3-2-8-18-11/h2-9H,1H3/b6-5+. The van der Waals surface area contributed by atoms with Gasteiger partial charge in [0.2, 0.25) is 0 Å². The van der Waals surface area contributed by atoms with Gasteiger partial charge in [-0.15, -0.1) is 11.3 Å². The summed E-state index contributed by atoms with van der Waals surface area (Å²) in [5, 5.41) is 1.98. The van der Waals surface area contributed by atoms with Gasteiger partial charge in [0.15, 0.2) is 5.78 Å². The summed E-state index contributed by atoms with van der Waals surface area (Å²) in [7, 11) is 1.60. The number of hydrogen-bond donors (Lipinski definition) is 0. The number of carbonyl (C=O) groups is 1. The summed E-state index contributed by atoms with van der Waals surface area (Å²) < 4.78 is 5.90. The number of thiophene rings is 1. The second-order valence-electron chi connectivity index (χ2n) is 3.56. The predicted octanol–water partition coefficient (Wildman–Crippen LogP) is 4.42. The zero-order valence-electron chi connectivity index (χ0n) is 9.72. The molecule has 0 unspecified atom stereocenters. The molecular weight excluding hydrogens is 312 g/mol. The summed E-state index contributed by atoms with van der Waals surface area (Å²) in [4.78, 5) is 13.0. The summed E-state index contributed by atoms with van der Waals surface area (Å²) >= 11 is 4.97. The summed E-state index contributed by atoms with van der Waals surface area (Å²) in [5.41, 5.74) is 0.635. The maximum absolute atomic E-state index is 11.9. The molecule has 0 aliphatic heterocycles. The SMILES string of the molecule is COc1ccc(C(=O)/C=C/c2cccs2)cc1Br. The van der Waals surface area contributed by atoms with Crippen LogP contribution in [-0.2, 0) is 0 Å². The van der Waals surface area contributed by atoms with E-state index in [-0.39, 0.29) is 5.78 Å². The quantitative estimate of drug-likeness (QED) is 0.615. The average molecular weight is 323 g/mol. The lowest BCUT2D eigenvalue weighted by molar-refractivity contribution is 0.104. The van der Waals surface area contributed by atoms with E-state index in [0.29, 0.717) is 11.3 Å². The van der Waals surface area contributed by atoms with Gasteiger partial charge in [-0.25, -0.2) is 0 Å². The zero-order chi connectivity index (χ0) is 13.0. The van der Waals surface area contributed by atoms with E-state index in [0.717, 1.165) is 9.35 Å². The van der Waals surface area contributed by atoms with Gasteiger partial charge in [-0.05, 0) is 57.7 Å². The molecule has 0 spiro atoms. The van der Waals surface area contributed by atoms with Crippen LogP contribution >= 0.6 is 27.3 Å². The van der Waals surface area contributed by atoms with Crippen LogP contribution in [0.2, 0.25) is 0 Å². The highest BCUT2D eigenvalue weighted by Gasteiger charge is 2.06. The number of carbonyl (C=O) groups excluding carboxylic acids is 1. The number of benzene rings is 1. The molecule has 0 aliphatic carbocycles. The van der Waals surface area contributed by atoms with Gasteiger partial charge in [-0.1, -0.05) is 6.07 Å².